The predicted octanol–water partition coefficient (Wildman–Crippen LogP) is 1.70. The van der Waals surface area contributed by atoms with Crippen LogP contribution in [-0.2, 0) is 0 Å². The molecule has 3 rings (SSSR count). The summed E-state index contributed by atoms with van der Waals surface area (Å²) in [6.07, 6.45) is 4.66. The maximum Gasteiger partial charge on any atom is 0.256 e. The lowest BCUT2D eigenvalue weighted by atomic mass is 10.1. The summed E-state index contributed by atoms with van der Waals surface area (Å²) < 4.78 is 27.6. The minimum atomic E-state index is -0.994. The highest BCUT2D eigenvalue weighted by Crippen LogP contribution is 2.26. The van der Waals surface area contributed by atoms with E-state index < -0.39 is 17.9 Å². The average Bonchev–Trinajstić information content (AvgIpc) is 2.96. The van der Waals surface area contributed by atoms with E-state index in [9.17, 15) is 13.6 Å². The molecule has 24 heavy (non-hydrogen) atoms. The number of carbonyl (C=O) groups excluding carboxylic acids is 1. The molecule has 1 fully saturated rings. The van der Waals surface area contributed by atoms with Gasteiger partial charge >= 0.3 is 0 Å². The molecule has 2 atom stereocenters. The molecule has 0 N–H and O–H groups in total. The number of alkyl halides is 1. The number of hydrogen-bond donors (Lipinski definition) is 0. The number of aromatic nitrogens is 3. The smallest absolute Gasteiger partial charge is 0.256 e. The van der Waals surface area contributed by atoms with Crippen LogP contribution in [0.5, 0.6) is 0 Å². The van der Waals surface area contributed by atoms with Crippen LogP contribution >= 0.6 is 0 Å². The molecule has 8 heteroatoms. The predicted molar refractivity (Wildman–Crippen MR) is 83.8 cm³/mol. The van der Waals surface area contributed by atoms with E-state index in [-0.39, 0.29) is 24.7 Å². The molecule has 2 aromatic rings. The molecule has 1 aliphatic heterocycles. The Morgan fingerprint density at radius 3 is 2.88 bits per heavy atom. The third-order valence-corrected chi connectivity index (χ3v) is 4.06. The SMILES string of the molecule is CN(C[C@@H]1C[C@H](F)CN1c1ccncn1)C(=O)c1ccncc1F. The van der Waals surface area contributed by atoms with Gasteiger partial charge in [-0.25, -0.2) is 18.7 Å². The number of hydrogen-bond acceptors (Lipinski definition) is 5. The van der Waals surface area contributed by atoms with Crippen LogP contribution in [0.4, 0.5) is 14.6 Å². The van der Waals surface area contributed by atoms with Gasteiger partial charge in [-0.1, -0.05) is 0 Å². The zero-order valence-corrected chi connectivity index (χ0v) is 13.1. The second-order valence-electron chi connectivity index (χ2n) is 5.75. The molecule has 0 unspecified atom stereocenters. The van der Waals surface area contributed by atoms with Crippen molar-refractivity contribution in [1.29, 1.82) is 0 Å². The molecule has 0 saturated carbocycles. The van der Waals surface area contributed by atoms with Crippen molar-refractivity contribution in [2.24, 2.45) is 0 Å². The van der Waals surface area contributed by atoms with E-state index in [2.05, 4.69) is 15.0 Å². The van der Waals surface area contributed by atoms with Crippen LogP contribution in [0.3, 0.4) is 0 Å². The summed E-state index contributed by atoms with van der Waals surface area (Å²) >= 11 is 0. The molecule has 1 aliphatic rings. The molecule has 0 bridgehead atoms. The van der Waals surface area contributed by atoms with Crippen LogP contribution in [0.1, 0.15) is 16.8 Å². The summed E-state index contributed by atoms with van der Waals surface area (Å²) in [6.45, 7) is 0.484. The van der Waals surface area contributed by atoms with Crippen LogP contribution in [0.15, 0.2) is 37.1 Å². The van der Waals surface area contributed by atoms with E-state index in [1.165, 1.54) is 23.5 Å². The van der Waals surface area contributed by atoms with Gasteiger partial charge in [0.2, 0.25) is 0 Å². The van der Waals surface area contributed by atoms with Gasteiger partial charge in [-0.2, -0.15) is 0 Å². The number of nitrogens with zero attached hydrogens (tertiary/aromatic N) is 5. The zero-order chi connectivity index (χ0) is 17.1. The number of amides is 1. The molecule has 0 radical (unpaired) electrons. The number of rotatable bonds is 4. The zero-order valence-electron chi connectivity index (χ0n) is 13.1. The molecule has 0 aromatic carbocycles. The maximum absolute atomic E-state index is 13.9. The maximum atomic E-state index is 13.9. The first kappa shape index (κ1) is 16.2. The van der Waals surface area contributed by atoms with Crippen molar-refractivity contribution in [2.75, 3.05) is 25.0 Å². The van der Waals surface area contributed by atoms with Crippen LogP contribution in [0.2, 0.25) is 0 Å². The van der Waals surface area contributed by atoms with E-state index >= 15 is 0 Å². The molecule has 0 aliphatic carbocycles. The highest BCUT2D eigenvalue weighted by molar-refractivity contribution is 5.94. The summed E-state index contributed by atoms with van der Waals surface area (Å²) in [6, 6.07) is 2.81. The second-order valence-corrected chi connectivity index (χ2v) is 5.75. The second kappa shape index (κ2) is 6.86. The largest absolute Gasteiger partial charge is 0.349 e. The van der Waals surface area contributed by atoms with E-state index in [0.717, 1.165) is 6.20 Å². The lowest BCUT2D eigenvalue weighted by Crippen LogP contribution is -2.41. The summed E-state index contributed by atoms with van der Waals surface area (Å²) in [5.74, 6) is -0.511. The van der Waals surface area contributed by atoms with Crippen LogP contribution in [0.25, 0.3) is 0 Å². The number of anilines is 1. The lowest BCUT2D eigenvalue weighted by molar-refractivity contribution is 0.0781. The van der Waals surface area contributed by atoms with Crippen molar-refractivity contribution in [1.82, 2.24) is 19.9 Å². The molecule has 2 aromatic heterocycles. The minimum Gasteiger partial charge on any atom is -0.349 e. The molecule has 0 spiro atoms. The Hall–Kier alpha value is -2.64. The van der Waals surface area contributed by atoms with Gasteiger partial charge < -0.3 is 9.80 Å². The Balaban J connectivity index is 1.74. The lowest BCUT2D eigenvalue weighted by Gasteiger charge is -2.29. The molecule has 1 amide bonds. The molecule has 6 nitrogen and oxygen atoms in total. The van der Waals surface area contributed by atoms with Crippen molar-refractivity contribution in [2.45, 2.75) is 18.6 Å². The molecule has 126 valence electrons. The highest BCUT2D eigenvalue weighted by Gasteiger charge is 2.34. The first-order chi connectivity index (χ1) is 11.6. The van der Waals surface area contributed by atoms with Crippen LogP contribution in [0, 0.1) is 5.82 Å². The Bertz CT molecular complexity index is 715. The van der Waals surface area contributed by atoms with Crippen molar-refractivity contribution < 1.29 is 13.6 Å². The van der Waals surface area contributed by atoms with Gasteiger partial charge in [0.1, 0.15) is 18.3 Å². The van der Waals surface area contributed by atoms with E-state index in [4.69, 9.17) is 0 Å². The van der Waals surface area contributed by atoms with Gasteiger partial charge in [-0.05, 0) is 12.1 Å². The van der Waals surface area contributed by atoms with Crippen LogP contribution in [-0.4, -0.2) is 58.1 Å². The number of halogens is 2. The van der Waals surface area contributed by atoms with Crippen LogP contribution < -0.4 is 4.90 Å². The topological polar surface area (TPSA) is 62.2 Å². The first-order valence-electron chi connectivity index (χ1n) is 7.58. The van der Waals surface area contributed by atoms with Crippen molar-refractivity contribution in [3.05, 3.63) is 48.4 Å². The van der Waals surface area contributed by atoms with Gasteiger partial charge in [0, 0.05) is 32.4 Å². The Morgan fingerprint density at radius 1 is 1.38 bits per heavy atom. The average molecular weight is 333 g/mol. The monoisotopic (exact) mass is 333 g/mol. The summed E-state index contributed by atoms with van der Waals surface area (Å²) in [5.41, 5.74) is -0.0455. The highest BCUT2D eigenvalue weighted by atomic mass is 19.1. The third-order valence-electron chi connectivity index (χ3n) is 4.06. The van der Waals surface area contributed by atoms with Gasteiger partial charge in [0.25, 0.3) is 5.91 Å². The Labute approximate surface area is 138 Å². The molecule has 3 heterocycles. The minimum absolute atomic E-state index is 0.0455. The van der Waals surface area contributed by atoms with Crippen molar-refractivity contribution >= 4 is 11.7 Å². The molecular weight excluding hydrogens is 316 g/mol. The molecular formula is C16H17F2N5O. The van der Waals surface area contributed by atoms with Gasteiger partial charge in [0.15, 0.2) is 5.82 Å². The normalized spacial score (nSPS) is 20.2. The fourth-order valence-electron chi connectivity index (χ4n) is 2.92. The first-order valence-corrected chi connectivity index (χ1v) is 7.58. The van der Waals surface area contributed by atoms with Gasteiger partial charge in [-0.15, -0.1) is 0 Å². The Morgan fingerprint density at radius 2 is 2.17 bits per heavy atom. The number of pyridine rings is 1. The van der Waals surface area contributed by atoms with E-state index in [1.807, 2.05) is 4.90 Å². The Kier molecular flexibility index (Phi) is 4.64. The third kappa shape index (κ3) is 3.32. The van der Waals surface area contributed by atoms with E-state index in [0.29, 0.717) is 12.2 Å². The molecule has 1 saturated heterocycles. The van der Waals surface area contributed by atoms with Crippen molar-refractivity contribution in [3.63, 3.8) is 0 Å². The fraction of sp³-hybridized carbons (Fsp3) is 0.375. The summed E-state index contributed by atoms with van der Waals surface area (Å²) in [5, 5.41) is 0. The number of carbonyl (C=O) groups is 1. The van der Waals surface area contributed by atoms with Gasteiger partial charge in [-0.3, -0.25) is 9.78 Å². The van der Waals surface area contributed by atoms with E-state index in [1.54, 1.807) is 19.3 Å². The van der Waals surface area contributed by atoms with Crippen molar-refractivity contribution in [3.8, 4) is 0 Å². The quantitative estimate of drug-likeness (QED) is 0.852. The summed E-state index contributed by atoms with van der Waals surface area (Å²) in [4.78, 5) is 27.3. The summed E-state index contributed by atoms with van der Waals surface area (Å²) in [7, 11) is 1.58. The number of likely N-dealkylation sites (N-methyl/N-ethyl adjacent to an activating group) is 1. The fourth-order valence-corrected chi connectivity index (χ4v) is 2.92. The van der Waals surface area contributed by atoms with Gasteiger partial charge in [0.05, 0.1) is 24.3 Å². The standard InChI is InChI=1S/C16H17F2N5O/c1-22(16(24)13-2-4-19-7-14(13)18)9-12-6-11(17)8-23(12)15-3-5-20-10-21-15/h2-5,7,10-12H,6,8-9H2,1H3/t11-,12-/m0/s1.